The molecule has 0 saturated heterocycles. The van der Waals surface area contributed by atoms with Gasteiger partial charge < -0.3 is 9.73 Å². The SMILES string of the molecule is O=C(NCc1nnc2ccc(C(F)(F)F)cn12)c1cc2cccc(Br)c2o1. The van der Waals surface area contributed by atoms with Gasteiger partial charge in [0.25, 0.3) is 5.91 Å². The molecule has 0 radical (unpaired) electrons. The number of aromatic nitrogens is 3. The second-order valence-corrected chi connectivity index (χ2v) is 6.57. The third kappa shape index (κ3) is 3.27. The topological polar surface area (TPSA) is 72.4 Å². The highest BCUT2D eigenvalue weighted by Crippen LogP contribution is 2.29. The predicted molar refractivity (Wildman–Crippen MR) is 93.1 cm³/mol. The predicted octanol–water partition coefficient (Wildman–Crippen LogP) is 4.19. The summed E-state index contributed by atoms with van der Waals surface area (Å²) in [6.45, 7) is -0.112. The fraction of sp³-hybridized carbons (Fsp3) is 0.118. The van der Waals surface area contributed by atoms with Crippen LogP contribution < -0.4 is 5.32 Å². The highest BCUT2D eigenvalue weighted by molar-refractivity contribution is 9.10. The molecule has 0 aliphatic carbocycles. The van der Waals surface area contributed by atoms with Gasteiger partial charge in [0, 0.05) is 11.6 Å². The summed E-state index contributed by atoms with van der Waals surface area (Å²) in [6.07, 6.45) is -3.59. The lowest BCUT2D eigenvalue weighted by Crippen LogP contribution is -2.23. The summed E-state index contributed by atoms with van der Waals surface area (Å²) in [4.78, 5) is 12.3. The number of furan rings is 1. The van der Waals surface area contributed by atoms with Gasteiger partial charge in [-0.1, -0.05) is 12.1 Å². The molecule has 27 heavy (non-hydrogen) atoms. The highest BCUT2D eigenvalue weighted by Gasteiger charge is 2.31. The number of hydrogen-bond acceptors (Lipinski definition) is 4. The number of rotatable bonds is 3. The lowest BCUT2D eigenvalue weighted by atomic mass is 10.2. The number of carbonyl (C=O) groups is 1. The summed E-state index contributed by atoms with van der Waals surface area (Å²) in [5.74, 6) is -0.259. The number of hydrogen-bond donors (Lipinski definition) is 1. The van der Waals surface area contributed by atoms with Crippen molar-refractivity contribution in [2.24, 2.45) is 0 Å². The Morgan fingerprint density at radius 1 is 1.22 bits per heavy atom. The number of nitrogens with one attached hydrogen (secondary N) is 1. The molecule has 0 fully saturated rings. The molecule has 1 amide bonds. The number of carbonyl (C=O) groups excluding carboxylic acids is 1. The second kappa shape index (κ2) is 6.38. The van der Waals surface area contributed by atoms with Crippen molar-refractivity contribution in [2.75, 3.05) is 0 Å². The average Bonchev–Trinajstić information content (AvgIpc) is 3.23. The first-order chi connectivity index (χ1) is 12.8. The van der Waals surface area contributed by atoms with Gasteiger partial charge in [0.1, 0.15) is 5.58 Å². The third-order valence-corrected chi connectivity index (χ3v) is 4.55. The summed E-state index contributed by atoms with van der Waals surface area (Å²) in [5.41, 5.74) is -0.0465. The van der Waals surface area contributed by atoms with Gasteiger partial charge in [-0.05, 0) is 40.2 Å². The van der Waals surface area contributed by atoms with Crippen LogP contribution in [-0.4, -0.2) is 20.5 Å². The van der Waals surface area contributed by atoms with Crippen LogP contribution in [0.25, 0.3) is 16.6 Å². The van der Waals surface area contributed by atoms with E-state index in [1.54, 1.807) is 18.2 Å². The number of nitrogens with zero attached hydrogens (tertiary/aromatic N) is 3. The first kappa shape index (κ1) is 17.5. The second-order valence-electron chi connectivity index (χ2n) is 5.71. The Morgan fingerprint density at radius 3 is 2.78 bits per heavy atom. The molecular formula is C17H10BrF3N4O2. The van der Waals surface area contributed by atoms with Crippen molar-refractivity contribution >= 4 is 38.5 Å². The van der Waals surface area contributed by atoms with E-state index in [0.29, 0.717) is 10.1 Å². The third-order valence-electron chi connectivity index (χ3n) is 3.93. The minimum Gasteiger partial charge on any atom is -0.450 e. The van der Waals surface area contributed by atoms with E-state index in [9.17, 15) is 18.0 Å². The number of benzene rings is 1. The largest absolute Gasteiger partial charge is 0.450 e. The molecule has 0 spiro atoms. The molecule has 0 bridgehead atoms. The van der Waals surface area contributed by atoms with E-state index in [-0.39, 0.29) is 23.8 Å². The van der Waals surface area contributed by atoms with Crippen LogP contribution in [0.1, 0.15) is 21.9 Å². The number of pyridine rings is 1. The van der Waals surface area contributed by atoms with Gasteiger partial charge in [-0.15, -0.1) is 10.2 Å². The fourth-order valence-corrected chi connectivity index (χ4v) is 3.07. The van der Waals surface area contributed by atoms with Crippen LogP contribution in [0.5, 0.6) is 0 Å². The maximum absolute atomic E-state index is 12.9. The van der Waals surface area contributed by atoms with E-state index in [1.807, 2.05) is 6.07 Å². The minimum absolute atomic E-state index is 0.0849. The lowest BCUT2D eigenvalue weighted by molar-refractivity contribution is -0.137. The molecule has 3 heterocycles. The molecule has 10 heteroatoms. The number of halogens is 4. The first-order valence-electron chi connectivity index (χ1n) is 7.70. The molecule has 138 valence electrons. The monoisotopic (exact) mass is 438 g/mol. The summed E-state index contributed by atoms with van der Waals surface area (Å²) in [7, 11) is 0. The van der Waals surface area contributed by atoms with E-state index in [2.05, 4.69) is 31.4 Å². The molecule has 3 aromatic heterocycles. The van der Waals surface area contributed by atoms with Gasteiger partial charge in [-0.25, -0.2) is 0 Å². The quantitative estimate of drug-likeness (QED) is 0.520. The van der Waals surface area contributed by atoms with Gasteiger partial charge in [-0.2, -0.15) is 13.2 Å². The molecule has 4 aromatic rings. The summed E-state index contributed by atoms with van der Waals surface area (Å²) in [6, 6.07) is 9.12. The molecule has 4 rings (SSSR count). The Kier molecular flexibility index (Phi) is 4.14. The van der Waals surface area contributed by atoms with E-state index >= 15 is 0 Å². The first-order valence-corrected chi connectivity index (χ1v) is 8.49. The lowest BCUT2D eigenvalue weighted by Gasteiger charge is -2.07. The van der Waals surface area contributed by atoms with Crippen molar-refractivity contribution in [3.63, 3.8) is 0 Å². The van der Waals surface area contributed by atoms with E-state index in [0.717, 1.165) is 17.6 Å². The molecule has 6 nitrogen and oxygen atoms in total. The van der Waals surface area contributed by atoms with E-state index in [4.69, 9.17) is 4.42 Å². The Balaban J connectivity index is 1.57. The summed E-state index contributed by atoms with van der Waals surface area (Å²) < 4.78 is 46.1. The van der Waals surface area contributed by atoms with Crippen LogP contribution in [-0.2, 0) is 12.7 Å². The molecule has 0 atom stereocenters. The zero-order valence-electron chi connectivity index (χ0n) is 13.4. The van der Waals surface area contributed by atoms with Crippen LogP contribution in [0.2, 0.25) is 0 Å². The van der Waals surface area contributed by atoms with Crippen molar-refractivity contribution in [1.82, 2.24) is 19.9 Å². The molecule has 0 saturated carbocycles. The average molecular weight is 439 g/mol. The van der Waals surface area contributed by atoms with Crippen LogP contribution in [0, 0.1) is 0 Å². The number of alkyl halides is 3. The normalized spacial score (nSPS) is 12.0. The smallest absolute Gasteiger partial charge is 0.417 e. The van der Waals surface area contributed by atoms with Crippen molar-refractivity contribution in [1.29, 1.82) is 0 Å². The van der Waals surface area contributed by atoms with Crippen LogP contribution >= 0.6 is 15.9 Å². The molecule has 0 aliphatic rings. The van der Waals surface area contributed by atoms with E-state index in [1.165, 1.54) is 10.5 Å². The highest BCUT2D eigenvalue weighted by atomic mass is 79.9. The Labute approximate surface area is 158 Å². The van der Waals surface area contributed by atoms with E-state index < -0.39 is 17.6 Å². The van der Waals surface area contributed by atoms with Gasteiger partial charge in [-0.3, -0.25) is 9.20 Å². The van der Waals surface area contributed by atoms with Crippen molar-refractivity contribution in [2.45, 2.75) is 12.7 Å². The maximum atomic E-state index is 12.9. The van der Waals surface area contributed by atoms with Gasteiger partial charge >= 0.3 is 6.18 Å². The number of fused-ring (bicyclic) bond motifs is 2. The standard InChI is InChI=1S/C17H10BrF3N4O2/c18-11-3-1-2-9-6-12(27-15(9)11)16(26)22-7-14-24-23-13-5-4-10(8-25(13)14)17(19,20)21/h1-6,8H,7H2,(H,22,26). The summed E-state index contributed by atoms with van der Waals surface area (Å²) >= 11 is 3.34. The molecule has 1 aromatic carbocycles. The Bertz CT molecular complexity index is 1170. The fourth-order valence-electron chi connectivity index (χ4n) is 2.61. The van der Waals surface area contributed by atoms with Crippen LogP contribution in [0.15, 0.2) is 51.5 Å². The summed E-state index contributed by atoms with van der Waals surface area (Å²) in [5, 5.41) is 11.0. The zero-order valence-corrected chi connectivity index (χ0v) is 15.0. The molecule has 0 aliphatic heterocycles. The van der Waals surface area contributed by atoms with Gasteiger partial charge in [0.2, 0.25) is 0 Å². The minimum atomic E-state index is -4.49. The number of para-hydroxylation sites is 1. The Morgan fingerprint density at radius 2 is 2.04 bits per heavy atom. The van der Waals surface area contributed by atoms with Crippen molar-refractivity contribution in [3.05, 3.63) is 64.2 Å². The van der Waals surface area contributed by atoms with Gasteiger partial charge in [0.05, 0.1) is 16.6 Å². The maximum Gasteiger partial charge on any atom is 0.417 e. The number of amides is 1. The molecule has 1 N–H and O–H groups in total. The van der Waals surface area contributed by atoms with Crippen molar-refractivity contribution in [3.8, 4) is 0 Å². The zero-order chi connectivity index (χ0) is 19.2. The van der Waals surface area contributed by atoms with Crippen LogP contribution in [0.4, 0.5) is 13.2 Å². The Hall–Kier alpha value is -2.88. The molecule has 0 unspecified atom stereocenters. The molecular weight excluding hydrogens is 429 g/mol. The van der Waals surface area contributed by atoms with Crippen molar-refractivity contribution < 1.29 is 22.4 Å². The van der Waals surface area contributed by atoms with Gasteiger partial charge in [0.15, 0.2) is 17.2 Å². The van der Waals surface area contributed by atoms with Crippen LogP contribution in [0.3, 0.4) is 0 Å².